The van der Waals surface area contributed by atoms with Crippen LogP contribution in [0.1, 0.15) is 26.3 Å². The lowest BCUT2D eigenvalue weighted by Crippen LogP contribution is -2.21. The Morgan fingerprint density at radius 2 is 1.75 bits per heavy atom. The molecule has 1 amide bonds. The number of benzene rings is 2. The molecule has 0 aliphatic rings. The number of methoxy groups -OCH3 is 1. The van der Waals surface area contributed by atoms with E-state index < -0.39 is 35.1 Å². The van der Waals surface area contributed by atoms with E-state index in [2.05, 4.69) is 10.1 Å². The van der Waals surface area contributed by atoms with Gasteiger partial charge in [-0.3, -0.25) is 14.9 Å². The average molecular weight is 407 g/mol. The normalized spacial score (nSPS) is 10.1. The summed E-state index contributed by atoms with van der Waals surface area (Å²) in [6.07, 6.45) is 0. The number of hydrogen-bond acceptors (Lipinski definition) is 7. The minimum Gasteiger partial charge on any atom is -0.465 e. The minimum absolute atomic E-state index is 0.195. The monoisotopic (exact) mass is 406 g/mol. The number of esters is 2. The molecular weight excluding hydrogens is 392 g/mol. The van der Waals surface area contributed by atoms with E-state index in [-0.39, 0.29) is 11.1 Å². The number of carbonyl (C=O) groups is 3. The third kappa shape index (κ3) is 5.27. The van der Waals surface area contributed by atoms with Crippen molar-refractivity contribution in [1.29, 1.82) is 0 Å². The molecular formula is C18H15ClN2O7. The van der Waals surface area contributed by atoms with Crippen LogP contribution in [0.5, 0.6) is 0 Å². The van der Waals surface area contributed by atoms with Gasteiger partial charge in [-0.15, -0.1) is 0 Å². The lowest BCUT2D eigenvalue weighted by Gasteiger charge is -2.09. The summed E-state index contributed by atoms with van der Waals surface area (Å²) in [6, 6.07) is 7.97. The van der Waals surface area contributed by atoms with Gasteiger partial charge >= 0.3 is 11.9 Å². The van der Waals surface area contributed by atoms with Crippen LogP contribution in [0.3, 0.4) is 0 Å². The van der Waals surface area contributed by atoms with Crippen molar-refractivity contribution in [1.82, 2.24) is 0 Å². The fraction of sp³-hybridized carbons (Fsp3) is 0.167. The number of halogens is 1. The third-order valence-electron chi connectivity index (χ3n) is 3.52. The molecule has 0 heterocycles. The molecule has 0 bridgehead atoms. The third-order valence-corrected chi connectivity index (χ3v) is 3.83. The van der Waals surface area contributed by atoms with Crippen LogP contribution < -0.4 is 5.32 Å². The molecule has 0 atom stereocenters. The maximum absolute atomic E-state index is 12.1. The van der Waals surface area contributed by atoms with Crippen molar-refractivity contribution in [3.63, 3.8) is 0 Å². The lowest BCUT2D eigenvalue weighted by molar-refractivity contribution is -0.384. The predicted octanol–water partition coefficient (Wildman–Crippen LogP) is 3.14. The number of rotatable bonds is 6. The zero-order valence-corrected chi connectivity index (χ0v) is 15.6. The van der Waals surface area contributed by atoms with E-state index in [1.165, 1.54) is 0 Å². The molecule has 0 radical (unpaired) electrons. The van der Waals surface area contributed by atoms with Crippen LogP contribution in [-0.2, 0) is 14.3 Å². The summed E-state index contributed by atoms with van der Waals surface area (Å²) >= 11 is 6.01. The Kier molecular flexibility index (Phi) is 6.67. The Morgan fingerprint density at radius 1 is 1.11 bits per heavy atom. The number of nitrogens with one attached hydrogen (secondary N) is 1. The molecule has 9 nitrogen and oxygen atoms in total. The number of non-ortho nitro benzene ring substituents is 1. The van der Waals surface area contributed by atoms with E-state index in [0.717, 1.165) is 30.9 Å². The van der Waals surface area contributed by atoms with Crippen LogP contribution in [0.2, 0.25) is 5.02 Å². The minimum atomic E-state index is -1.01. The molecule has 0 unspecified atom stereocenters. The van der Waals surface area contributed by atoms with Gasteiger partial charge in [0, 0.05) is 12.1 Å². The van der Waals surface area contributed by atoms with Crippen LogP contribution in [0.15, 0.2) is 36.4 Å². The van der Waals surface area contributed by atoms with E-state index in [0.29, 0.717) is 10.7 Å². The fourth-order valence-electron chi connectivity index (χ4n) is 2.19. The number of aryl methyl sites for hydroxylation is 1. The Labute approximate surface area is 164 Å². The van der Waals surface area contributed by atoms with Crippen LogP contribution >= 0.6 is 11.6 Å². The van der Waals surface area contributed by atoms with Gasteiger partial charge in [-0.2, -0.15) is 0 Å². The molecule has 2 rings (SSSR count). The number of carbonyl (C=O) groups excluding carboxylic acids is 3. The number of hydrogen-bond donors (Lipinski definition) is 1. The van der Waals surface area contributed by atoms with Crippen molar-refractivity contribution in [3.05, 3.63) is 68.2 Å². The molecule has 0 aliphatic carbocycles. The van der Waals surface area contributed by atoms with Crippen molar-refractivity contribution in [3.8, 4) is 0 Å². The van der Waals surface area contributed by atoms with Crippen molar-refractivity contribution in [2.24, 2.45) is 0 Å². The molecule has 0 saturated carbocycles. The van der Waals surface area contributed by atoms with E-state index >= 15 is 0 Å². The molecule has 0 saturated heterocycles. The standard InChI is InChI=1S/C18H15ClN2O7/c1-10-3-4-15(14(19)5-10)20-16(22)9-28-18(24)12-6-11(17(23)27-2)7-13(8-12)21(25)26/h3-8H,9H2,1-2H3,(H,20,22). The van der Waals surface area contributed by atoms with Crippen molar-refractivity contribution < 1.29 is 28.8 Å². The summed E-state index contributed by atoms with van der Waals surface area (Å²) in [4.78, 5) is 45.9. The fourth-order valence-corrected chi connectivity index (χ4v) is 2.47. The zero-order chi connectivity index (χ0) is 20.8. The van der Waals surface area contributed by atoms with Gasteiger partial charge in [0.1, 0.15) is 0 Å². The molecule has 1 N–H and O–H groups in total. The van der Waals surface area contributed by atoms with Gasteiger partial charge in [0.25, 0.3) is 11.6 Å². The molecule has 0 spiro atoms. The van der Waals surface area contributed by atoms with Crippen LogP contribution in [-0.4, -0.2) is 36.5 Å². The number of anilines is 1. The van der Waals surface area contributed by atoms with E-state index in [4.69, 9.17) is 16.3 Å². The topological polar surface area (TPSA) is 125 Å². The van der Waals surface area contributed by atoms with Gasteiger partial charge in [0.05, 0.1) is 33.9 Å². The van der Waals surface area contributed by atoms with Crippen LogP contribution in [0, 0.1) is 17.0 Å². The molecule has 146 valence electrons. The molecule has 0 aromatic heterocycles. The van der Waals surface area contributed by atoms with Crippen molar-refractivity contribution >= 4 is 40.8 Å². The van der Waals surface area contributed by atoms with Gasteiger partial charge in [-0.25, -0.2) is 9.59 Å². The highest BCUT2D eigenvalue weighted by Gasteiger charge is 2.20. The Morgan fingerprint density at radius 3 is 2.32 bits per heavy atom. The zero-order valence-electron chi connectivity index (χ0n) is 14.9. The largest absolute Gasteiger partial charge is 0.465 e. The number of nitrogens with zero attached hydrogens (tertiary/aromatic N) is 1. The highest BCUT2D eigenvalue weighted by atomic mass is 35.5. The number of nitro groups is 1. The second-order valence-corrected chi connectivity index (χ2v) is 6.03. The number of amides is 1. The highest BCUT2D eigenvalue weighted by Crippen LogP contribution is 2.23. The maximum Gasteiger partial charge on any atom is 0.338 e. The summed E-state index contributed by atoms with van der Waals surface area (Å²) < 4.78 is 9.36. The predicted molar refractivity (Wildman–Crippen MR) is 99.5 cm³/mol. The average Bonchev–Trinajstić information content (AvgIpc) is 2.67. The first kappa shape index (κ1) is 20.8. The second-order valence-electron chi connectivity index (χ2n) is 5.62. The molecule has 0 aliphatic heterocycles. The smallest absolute Gasteiger partial charge is 0.338 e. The second kappa shape index (κ2) is 8.96. The SMILES string of the molecule is COC(=O)c1cc(C(=O)OCC(=O)Nc2ccc(C)cc2Cl)cc([N+](=O)[O-])c1. The number of ether oxygens (including phenoxy) is 2. The van der Waals surface area contributed by atoms with E-state index in [1.54, 1.807) is 18.2 Å². The molecule has 28 heavy (non-hydrogen) atoms. The Hall–Kier alpha value is -3.46. The highest BCUT2D eigenvalue weighted by molar-refractivity contribution is 6.33. The lowest BCUT2D eigenvalue weighted by atomic mass is 10.1. The van der Waals surface area contributed by atoms with Crippen molar-refractivity contribution in [2.45, 2.75) is 6.92 Å². The van der Waals surface area contributed by atoms with Crippen molar-refractivity contribution in [2.75, 3.05) is 19.0 Å². The summed E-state index contributed by atoms with van der Waals surface area (Å²) in [5, 5.41) is 13.8. The molecule has 2 aromatic rings. The molecule has 10 heteroatoms. The van der Waals surface area contributed by atoms with Crippen LogP contribution in [0.25, 0.3) is 0 Å². The Balaban J connectivity index is 2.09. The van der Waals surface area contributed by atoms with Gasteiger partial charge in [0.2, 0.25) is 0 Å². The molecule has 2 aromatic carbocycles. The number of nitro benzene ring substituents is 1. The maximum atomic E-state index is 12.1. The van der Waals surface area contributed by atoms with Gasteiger partial charge in [0.15, 0.2) is 6.61 Å². The summed E-state index contributed by atoms with van der Waals surface area (Å²) in [6.45, 7) is 1.18. The van der Waals surface area contributed by atoms with Gasteiger partial charge in [-0.05, 0) is 30.7 Å². The first-order valence-electron chi connectivity index (χ1n) is 7.82. The summed E-state index contributed by atoms with van der Waals surface area (Å²) in [7, 11) is 1.10. The quantitative estimate of drug-likeness (QED) is 0.443. The molecule has 0 fully saturated rings. The van der Waals surface area contributed by atoms with Crippen LogP contribution in [0.4, 0.5) is 11.4 Å². The first-order chi connectivity index (χ1) is 13.2. The summed E-state index contributed by atoms with van der Waals surface area (Å²) in [5.41, 5.74) is 0.291. The van der Waals surface area contributed by atoms with Gasteiger partial charge < -0.3 is 14.8 Å². The van der Waals surface area contributed by atoms with Gasteiger partial charge in [-0.1, -0.05) is 17.7 Å². The first-order valence-corrected chi connectivity index (χ1v) is 8.20. The van der Waals surface area contributed by atoms with E-state index in [9.17, 15) is 24.5 Å². The van der Waals surface area contributed by atoms with E-state index in [1.807, 2.05) is 6.92 Å². The summed E-state index contributed by atoms with van der Waals surface area (Å²) in [5.74, 6) is -2.53. The Bertz CT molecular complexity index is 959.